The quantitative estimate of drug-likeness (QED) is 0.275. The van der Waals surface area contributed by atoms with Gasteiger partial charge in [-0.25, -0.2) is 10.9 Å². The van der Waals surface area contributed by atoms with Crippen LogP contribution in [-0.2, 0) is 4.79 Å². The van der Waals surface area contributed by atoms with E-state index in [4.69, 9.17) is 11.6 Å². The molecule has 1 amide bonds. The molecule has 1 saturated carbocycles. The zero-order chi connectivity index (χ0) is 20.8. The summed E-state index contributed by atoms with van der Waals surface area (Å²) in [5.41, 5.74) is 6.83. The lowest BCUT2D eigenvalue weighted by Crippen LogP contribution is -2.49. The van der Waals surface area contributed by atoms with Crippen molar-refractivity contribution in [3.8, 4) is 0 Å². The van der Waals surface area contributed by atoms with E-state index < -0.39 is 0 Å². The Kier molecular flexibility index (Phi) is 8.63. The highest BCUT2D eigenvalue weighted by Gasteiger charge is 2.32. The number of hydrogen-bond donors (Lipinski definition) is 7. The zero-order valence-corrected chi connectivity index (χ0v) is 18.8. The van der Waals surface area contributed by atoms with Crippen LogP contribution in [0.15, 0.2) is 0 Å². The number of hydrazine groups is 1. The molecule has 0 radical (unpaired) electrons. The Balaban J connectivity index is 1.15. The summed E-state index contributed by atoms with van der Waals surface area (Å²) in [6.07, 6.45) is 8.25. The summed E-state index contributed by atoms with van der Waals surface area (Å²) >= 11 is 6.39. The average Bonchev–Trinajstić information content (AvgIpc) is 3.27. The fourth-order valence-corrected chi connectivity index (χ4v) is 5.73. The Morgan fingerprint density at radius 1 is 0.967 bits per heavy atom. The maximum Gasteiger partial charge on any atom is 0.223 e. The highest BCUT2D eigenvalue weighted by Crippen LogP contribution is 2.25. The molecule has 0 aromatic rings. The standard InChI is InChI=1S/C21H40ClN7O/c22-18-12-24-9-6-16(18)11-26-21(30)15-2-1-3-17(10-15)25-13-19-27-20(29-28-19)14-4-7-23-8-5-14/h14-20,23-25,27-29H,1-13H2,(H,26,30). The minimum Gasteiger partial charge on any atom is -0.356 e. The molecule has 0 aromatic heterocycles. The van der Waals surface area contributed by atoms with Gasteiger partial charge in [0.15, 0.2) is 0 Å². The Labute approximate surface area is 185 Å². The number of alkyl halides is 1. The lowest BCUT2D eigenvalue weighted by molar-refractivity contribution is -0.126. The van der Waals surface area contributed by atoms with Crippen molar-refractivity contribution in [2.45, 2.75) is 68.7 Å². The molecule has 0 bridgehead atoms. The van der Waals surface area contributed by atoms with Crippen LogP contribution >= 0.6 is 11.6 Å². The zero-order valence-electron chi connectivity index (χ0n) is 18.0. The summed E-state index contributed by atoms with van der Waals surface area (Å²) in [7, 11) is 0. The first-order valence-corrected chi connectivity index (χ1v) is 12.5. The SMILES string of the molecule is O=C(NCC1CCNCC1Cl)C1CCCC(NCC2NNC(C3CCNCC3)N2)C1. The van der Waals surface area contributed by atoms with Crippen LogP contribution in [0.3, 0.4) is 0 Å². The van der Waals surface area contributed by atoms with Crippen LogP contribution in [0.5, 0.6) is 0 Å². The minimum atomic E-state index is 0.119. The van der Waals surface area contributed by atoms with E-state index >= 15 is 0 Å². The molecular formula is C21H40ClN7O. The normalized spacial score (nSPS) is 38.4. The third-order valence-corrected chi connectivity index (χ3v) is 7.90. The monoisotopic (exact) mass is 441 g/mol. The average molecular weight is 442 g/mol. The van der Waals surface area contributed by atoms with Crippen LogP contribution in [0.25, 0.3) is 0 Å². The fraction of sp³-hybridized carbons (Fsp3) is 0.952. The molecule has 0 spiro atoms. The summed E-state index contributed by atoms with van der Waals surface area (Å²) in [5.74, 6) is 1.40. The van der Waals surface area contributed by atoms with E-state index in [0.29, 0.717) is 30.6 Å². The first-order chi connectivity index (χ1) is 14.7. The number of nitrogens with one attached hydrogen (secondary N) is 7. The molecule has 3 saturated heterocycles. The summed E-state index contributed by atoms with van der Waals surface area (Å²) < 4.78 is 0. The van der Waals surface area contributed by atoms with E-state index in [1.54, 1.807) is 0 Å². The van der Waals surface area contributed by atoms with Gasteiger partial charge in [0.2, 0.25) is 5.91 Å². The first-order valence-electron chi connectivity index (χ1n) is 12.0. The number of amides is 1. The molecule has 6 atom stereocenters. The Morgan fingerprint density at radius 2 is 1.80 bits per heavy atom. The number of rotatable bonds is 7. The van der Waals surface area contributed by atoms with Crippen molar-refractivity contribution in [1.29, 1.82) is 0 Å². The van der Waals surface area contributed by atoms with Crippen molar-refractivity contribution in [3.63, 3.8) is 0 Å². The van der Waals surface area contributed by atoms with Crippen molar-refractivity contribution in [2.75, 3.05) is 39.3 Å². The largest absolute Gasteiger partial charge is 0.356 e. The van der Waals surface area contributed by atoms with Crippen LogP contribution in [0.2, 0.25) is 0 Å². The number of carbonyl (C=O) groups excluding carboxylic acids is 1. The van der Waals surface area contributed by atoms with Crippen LogP contribution in [0.4, 0.5) is 0 Å². The van der Waals surface area contributed by atoms with E-state index in [-0.39, 0.29) is 23.4 Å². The van der Waals surface area contributed by atoms with E-state index in [0.717, 1.165) is 64.8 Å². The molecule has 4 fully saturated rings. The molecular weight excluding hydrogens is 402 g/mol. The predicted octanol–water partition coefficient (Wildman–Crippen LogP) is -0.183. The first kappa shape index (κ1) is 22.7. The van der Waals surface area contributed by atoms with Gasteiger partial charge >= 0.3 is 0 Å². The van der Waals surface area contributed by atoms with Gasteiger partial charge in [0.05, 0.1) is 17.7 Å². The maximum atomic E-state index is 12.7. The Bertz CT molecular complexity index is 547. The molecule has 1 aliphatic carbocycles. The van der Waals surface area contributed by atoms with Gasteiger partial charge in [0.25, 0.3) is 0 Å². The van der Waals surface area contributed by atoms with Crippen molar-refractivity contribution < 1.29 is 4.79 Å². The van der Waals surface area contributed by atoms with Gasteiger partial charge in [0.1, 0.15) is 0 Å². The molecule has 4 rings (SSSR count). The van der Waals surface area contributed by atoms with Crippen molar-refractivity contribution in [2.24, 2.45) is 17.8 Å². The number of halogens is 1. The predicted molar refractivity (Wildman–Crippen MR) is 120 cm³/mol. The number of carbonyl (C=O) groups is 1. The van der Waals surface area contributed by atoms with E-state index in [2.05, 4.69) is 37.4 Å². The third-order valence-electron chi connectivity index (χ3n) is 7.39. The molecule has 4 aliphatic rings. The molecule has 9 heteroatoms. The van der Waals surface area contributed by atoms with Gasteiger partial charge in [0, 0.05) is 31.6 Å². The van der Waals surface area contributed by atoms with E-state index in [9.17, 15) is 4.79 Å². The molecule has 3 heterocycles. The summed E-state index contributed by atoms with van der Waals surface area (Å²) in [6, 6.07) is 0.413. The smallest absolute Gasteiger partial charge is 0.223 e. The van der Waals surface area contributed by atoms with Gasteiger partial charge in [-0.2, -0.15) is 0 Å². The molecule has 172 valence electrons. The highest BCUT2D eigenvalue weighted by molar-refractivity contribution is 6.21. The molecule has 6 unspecified atom stereocenters. The second-order valence-corrected chi connectivity index (χ2v) is 10.1. The topological polar surface area (TPSA) is 101 Å². The van der Waals surface area contributed by atoms with Crippen LogP contribution in [0, 0.1) is 17.8 Å². The molecule has 30 heavy (non-hydrogen) atoms. The van der Waals surface area contributed by atoms with Crippen molar-refractivity contribution >= 4 is 17.5 Å². The van der Waals surface area contributed by atoms with Gasteiger partial charge < -0.3 is 21.3 Å². The number of piperidine rings is 2. The van der Waals surface area contributed by atoms with Gasteiger partial charge in [-0.1, -0.05) is 6.42 Å². The van der Waals surface area contributed by atoms with Crippen molar-refractivity contribution in [3.05, 3.63) is 0 Å². The summed E-state index contributed by atoms with van der Waals surface area (Å²) in [5, 5.41) is 17.4. The lowest BCUT2D eigenvalue weighted by Gasteiger charge is -2.32. The minimum absolute atomic E-state index is 0.119. The van der Waals surface area contributed by atoms with Crippen molar-refractivity contribution in [1.82, 2.24) is 37.4 Å². The van der Waals surface area contributed by atoms with Gasteiger partial charge in [-0.15, -0.1) is 11.6 Å². The molecule has 7 N–H and O–H groups in total. The fourth-order valence-electron chi connectivity index (χ4n) is 5.41. The third kappa shape index (κ3) is 6.28. The summed E-state index contributed by atoms with van der Waals surface area (Å²) in [4.78, 5) is 12.7. The maximum absolute atomic E-state index is 12.7. The van der Waals surface area contributed by atoms with E-state index in [1.165, 1.54) is 12.8 Å². The lowest BCUT2D eigenvalue weighted by atomic mass is 9.85. The molecule has 8 nitrogen and oxygen atoms in total. The van der Waals surface area contributed by atoms with Crippen LogP contribution in [-0.4, -0.2) is 68.9 Å². The second-order valence-electron chi connectivity index (χ2n) is 9.56. The Morgan fingerprint density at radius 3 is 2.63 bits per heavy atom. The highest BCUT2D eigenvalue weighted by atomic mass is 35.5. The van der Waals surface area contributed by atoms with Gasteiger partial charge in [-0.3, -0.25) is 10.1 Å². The van der Waals surface area contributed by atoms with Crippen LogP contribution < -0.4 is 37.4 Å². The number of hydrogen-bond acceptors (Lipinski definition) is 7. The molecule has 0 aromatic carbocycles. The van der Waals surface area contributed by atoms with E-state index in [1.807, 2.05) is 0 Å². The van der Waals surface area contributed by atoms with Crippen LogP contribution in [0.1, 0.15) is 44.9 Å². The molecule has 3 aliphatic heterocycles. The Hall–Kier alpha value is -0.480. The van der Waals surface area contributed by atoms with Gasteiger partial charge in [-0.05, 0) is 70.0 Å². The second kappa shape index (κ2) is 11.4. The summed E-state index contributed by atoms with van der Waals surface area (Å²) in [6.45, 7) is 5.65.